The standard InChI is InChI=1S/C26H38N4O5/c1-26(2,3)35-25(33)30-14-13-29(24(32)34-17-18-9-5-4-6-10-18)16-19(30)15-22-20-11-7-8-12-21(20)23(31)28-27-22/h4-6,9-10,19-22,27H,7-8,11-17H2,1-3H3,(H,28,31). The van der Waals surface area contributed by atoms with Gasteiger partial charge < -0.3 is 19.3 Å². The predicted molar refractivity (Wildman–Crippen MR) is 130 cm³/mol. The molecule has 9 nitrogen and oxygen atoms in total. The lowest BCUT2D eigenvalue weighted by atomic mass is 9.72. The summed E-state index contributed by atoms with van der Waals surface area (Å²) < 4.78 is 11.2. The Balaban J connectivity index is 1.45. The number of benzene rings is 1. The number of fused-ring (bicyclic) bond motifs is 1. The van der Waals surface area contributed by atoms with Gasteiger partial charge in [-0.05, 0) is 51.5 Å². The Kier molecular flexibility index (Phi) is 7.84. The average Bonchev–Trinajstić information content (AvgIpc) is 2.84. The Labute approximate surface area is 207 Å². The Morgan fingerprint density at radius 1 is 1.06 bits per heavy atom. The number of piperazine rings is 1. The summed E-state index contributed by atoms with van der Waals surface area (Å²) in [7, 11) is 0. The van der Waals surface area contributed by atoms with Gasteiger partial charge >= 0.3 is 12.2 Å². The van der Waals surface area contributed by atoms with Crippen LogP contribution in [0.15, 0.2) is 30.3 Å². The molecule has 3 fully saturated rings. The summed E-state index contributed by atoms with van der Waals surface area (Å²) >= 11 is 0. The van der Waals surface area contributed by atoms with Crippen molar-refractivity contribution in [2.45, 2.75) is 77.2 Å². The van der Waals surface area contributed by atoms with Crippen LogP contribution in [0, 0.1) is 11.8 Å². The van der Waals surface area contributed by atoms with Crippen molar-refractivity contribution in [3.8, 4) is 0 Å². The zero-order valence-electron chi connectivity index (χ0n) is 21.0. The summed E-state index contributed by atoms with van der Waals surface area (Å²) in [4.78, 5) is 41.8. The topological polar surface area (TPSA) is 100 Å². The fraction of sp³-hybridized carbons (Fsp3) is 0.654. The minimum Gasteiger partial charge on any atom is -0.445 e. The van der Waals surface area contributed by atoms with Gasteiger partial charge in [0.1, 0.15) is 12.2 Å². The fourth-order valence-electron chi connectivity index (χ4n) is 5.45. The summed E-state index contributed by atoms with van der Waals surface area (Å²) in [5.74, 6) is 0.281. The van der Waals surface area contributed by atoms with Crippen molar-refractivity contribution in [2.75, 3.05) is 19.6 Å². The molecule has 1 aromatic rings. The fourth-order valence-corrected chi connectivity index (χ4v) is 5.45. The first-order chi connectivity index (χ1) is 16.7. The number of rotatable bonds is 4. The van der Waals surface area contributed by atoms with Crippen molar-refractivity contribution in [3.63, 3.8) is 0 Å². The Morgan fingerprint density at radius 2 is 1.80 bits per heavy atom. The summed E-state index contributed by atoms with van der Waals surface area (Å²) in [6.45, 7) is 6.86. The summed E-state index contributed by atoms with van der Waals surface area (Å²) in [5, 5.41) is 0. The van der Waals surface area contributed by atoms with E-state index in [2.05, 4.69) is 10.9 Å². The third-order valence-electron chi connectivity index (χ3n) is 7.15. The van der Waals surface area contributed by atoms with Gasteiger partial charge in [-0.15, -0.1) is 0 Å². The second-order valence-electron chi connectivity index (χ2n) is 10.8. The number of carbonyl (C=O) groups excluding carboxylic acids is 3. The van der Waals surface area contributed by atoms with Crippen molar-refractivity contribution < 1.29 is 23.9 Å². The molecular weight excluding hydrogens is 448 g/mol. The van der Waals surface area contributed by atoms with E-state index >= 15 is 0 Å². The van der Waals surface area contributed by atoms with Gasteiger partial charge in [0.05, 0.1) is 6.04 Å². The quantitative estimate of drug-likeness (QED) is 0.676. The predicted octanol–water partition coefficient (Wildman–Crippen LogP) is 3.44. The third-order valence-corrected chi connectivity index (χ3v) is 7.15. The lowest BCUT2D eigenvalue weighted by molar-refractivity contribution is -0.133. The van der Waals surface area contributed by atoms with Crippen LogP contribution >= 0.6 is 0 Å². The molecule has 0 spiro atoms. The Bertz CT molecular complexity index is 903. The van der Waals surface area contributed by atoms with E-state index in [0.717, 1.165) is 31.2 Å². The van der Waals surface area contributed by atoms with Crippen molar-refractivity contribution in [1.82, 2.24) is 20.7 Å². The van der Waals surface area contributed by atoms with Crippen LogP contribution in [0.25, 0.3) is 0 Å². The lowest BCUT2D eigenvalue weighted by Gasteiger charge is -2.46. The van der Waals surface area contributed by atoms with E-state index < -0.39 is 5.60 Å². The molecule has 0 radical (unpaired) electrons. The summed E-state index contributed by atoms with van der Waals surface area (Å²) in [5.41, 5.74) is 6.36. The van der Waals surface area contributed by atoms with Crippen LogP contribution in [-0.2, 0) is 20.9 Å². The molecule has 192 valence electrons. The largest absolute Gasteiger partial charge is 0.445 e. The van der Waals surface area contributed by atoms with Gasteiger partial charge in [-0.2, -0.15) is 0 Å². The molecule has 3 aliphatic rings. The van der Waals surface area contributed by atoms with Gasteiger partial charge in [-0.3, -0.25) is 10.2 Å². The monoisotopic (exact) mass is 486 g/mol. The summed E-state index contributed by atoms with van der Waals surface area (Å²) in [6, 6.07) is 9.34. The normalized spacial score (nSPS) is 27.0. The van der Waals surface area contributed by atoms with Crippen LogP contribution in [0.5, 0.6) is 0 Å². The van der Waals surface area contributed by atoms with Crippen LogP contribution in [0.2, 0.25) is 0 Å². The van der Waals surface area contributed by atoms with Gasteiger partial charge in [0, 0.05) is 31.6 Å². The van der Waals surface area contributed by atoms with Crippen LogP contribution in [-0.4, -0.2) is 65.2 Å². The number of carbonyl (C=O) groups is 3. The molecule has 2 heterocycles. The Hall–Kier alpha value is -2.81. The minimum atomic E-state index is -0.612. The molecule has 2 aliphatic heterocycles. The molecule has 1 aromatic carbocycles. The molecule has 2 N–H and O–H groups in total. The van der Waals surface area contributed by atoms with Gasteiger partial charge in [-0.25, -0.2) is 15.0 Å². The molecule has 0 aromatic heterocycles. The van der Waals surface area contributed by atoms with Crippen LogP contribution in [0.1, 0.15) is 58.4 Å². The highest BCUT2D eigenvalue weighted by molar-refractivity contribution is 5.79. The first-order valence-corrected chi connectivity index (χ1v) is 12.7. The maximum absolute atomic E-state index is 13.1. The van der Waals surface area contributed by atoms with Gasteiger partial charge in [0.25, 0.3) is 0 Å². The average molecular weight is 487 g/mol. The molecule has 4 unspecified atom stereocenters. The van der Waals surface area contributed by atoms with Crippen molar-refractivity contribution in [2.24, 2.45) is 11.8 Å². The molecule has 2 saturated heterocycles. The van der Waals surface area contributed by atoms with Crippen LogP contribution < -0.4 is 10.9 Å². The highest BCUT2D eigenvalue weighted by Gasteiger charge is 2.43. The maximum Gasteiger partial charge on any atom is 0.410 e. The van der Waals surface area contributed by atoms with Gasteiger partial charge in [-0.1, -0.05) is 43.2 Å². The highest BCUT2D eigenvalue weighted by atomic mass is 16.6. The second-order valence-corrected chi connectivity index (χ2v) is 10.8. The van der Waals surface area contributed by atoms with E-state index in [1.54, 1.807) is 9.80 Å². The van der Waals surface area contributed by atoms with E-state index in [1.165, 1.54) is 0 Å². The molecule has 4 rings (SSSR count). The second kappa shape index (κ2) is 10.8. The van der Waals surface area contributed by atoms with Crippen LogP contribution in [0.3, 0.4) is 0 Å². The minimum absolute atomic E-state index is 0.000470. The number of nitrogens with one attached hydrogen (secondary N) is 2. The number of hydrazine groups is 1. The maximum atomic E-state index is 13.1. The first kappa shape index (κ1) is 25.3. The van der Waals surface area contributed by atoms with E-state index in [0.29, 0.717) is 26.1 Å². The number of hydrogen-bond donors (Lipinski definition) is 2. The first-order valence-electron chi connectivity index (χ1n) is 12.7. The smallest absolute Gasteiger partial charge is 0.410 e. The van der Waals surface area contributed by atoms with E-state index in [4.69, 9.17) is 9.47 Å². The zero-order chi connectivity index (χ0) is 25.0. The van der Waals surface area contributed by atoms with E-state index in [1.807, 2.05) is 51.1 Å². The van der Waals surface area contributed by atoms with E-state index in [9.17, 15) is 14.4 Å². The highest BCUT2D eigenvalue weighted by Crippen LogP contribution is 2.36. The molecule has 9 heteroatoms. The molecule has 35 heavy (non-hydrogen) atoms. The zero-order valence-corrected chi connectivity index (χ0v) is 21.0. The molecular formula is C26H38N4O5. The molecule has 4 atom stereocenters. The third kappa shape index (κ3) is 6.45. The SMILES string of the molecule is CC(C)(C)OC(=O)N1CCN(C(=O)OCc2ccccc2)CC1CC1NNC(=O)C2CCCCC12. The molecule has 1 saturated carbocycles. The van der Waals surface area contributed by atoms with Crippen molar-refractivity contribution >= 4 is 18.1 Å². The molecule has 1 aliphatic carbocycles. The molecule has 3 amide bonds. The molecule has 0 bridgehead atoms. The number of amides is 3. The van der Waals surface area contributed by atoms with Crippen LogP contribution in [0.4, 0.5) is 9.59 Å². The summed E-state index contributed by atoms with van der Waals surface area (Å²) in [6.07, 6.45) is 3.90. The number of ether oxygens (including phenoxy) is 2. The van der Waals surface area contributed by atoms with Crippen molar-refractivity contribution in [1.29, 1.82) is 0 Å². The number of nitrogens with zero attached hydrogens (tertiary/aromatic N) is 2. The van der Waals surface area contributed by atoms with Gasteiger partial charge in [0.2, 0.25) is 5.91 Å². The van der Waals surface area contributed by atoms with Gasteiger partial charge in [0.15, 0.2) is 0 Å². The van der Waals surface area contributed by atoms with E-state index in [-0.39, 0.29) is 48.6 Å². The lowest BCUT2D eigenvalue weighted by Crippen LogP contribution is -2.63. The Morgan fingerprint density at radius 3 is 2.54 bits per heavy atom. The van der Waals surface area contributed by atoms with Crippen molar-refractivity contribution in [3.05, 3.63) is 35.9 Å². The number of hydrogen-bond acceptors (Lipinski definition) is 6.